The van der Waals surface area contributed by atoms with Crippen LogP contribution in [0.2, 0.25) is 5.02 Å². The number of nitro groups is 1. The van der Waals surface area contributed by atoms with Crippen LogP contribution in [0.25, 0.3) is 0 Å². The standard InChI is InChI=1S/C26H23ClN4O4/c27-22-16-19(12-15-24(22)31(34)35)25(32)28-23-9-5-4-8-21(23)26(33)30-29-20-13-10-18(11-14-20)17-6-2-1-3-7-17/h1-9,12,15-16,18H,10-11,13-14H2,(H,28,32)(H,30,33). The van der Waals surface area contributed by atoms with Gasteiger partial charge in [-0.15, -0.1) is 0 Å². The van der Waals surface area contributed by atoms with E-state index in [0.29, 0.717) is 5.92 Å². The molecule has 1 fully saturated rings. The third kappa shape index (κ3) is 5.91. The Labute approximate surface area is 207 Å². The number of hydrogen-bond acceptors (Lipinski definition) is 5. The molecule has 0 heterocycles. The Morgan fingerprint density at radius 2 is 1.63 bits per heavy atom. The average molecular weight is 491 g/mol. The summed E-state index contributed by atoms with van der Waals surface area (Å²) in [6, 6.07) is 20.6. The lowest BCUT2D eigenvalue weighted by molar-refractivity contribution is -0.384. The Bertz CT molecular complexity index is 1280. The van der Waals surface area contributed by atoms with Gasteiger partial charge in [0.1, 0.15) is 5.02 Å². The molecule has 9 heteroatoms. The van der Waals surface area contributed by atoms with Crippen LogP contribution in [0.1, 0.15) is 57.9 Å². The molecule has 0 atom stereocenters. The van der Waals surface area contributed by atoms with Crippen molar-refractivity contribution in [3.63, 3.8) is 0 Å². The van der Waals surface area contributed by atoms with Gasteiger partial charge in [-0.2, -0.15) is 5.10 Å². The van der Waals surface area contributed by atoms with Crippen LogP contribution in [0.15, 0.2) is 77.9 Å². The van der Waals surface area contributed by atoms with Crippen molar-refractivity contribution in [1.82, 2.24) is 5.43 Å². The Morgan fingerprint density at radius 1 is 0.943 bits per heavy atom. The van der Waals surface area contributed by atoms with Gasteiger partial charge in [0.25, 0.3) is 17.5 Å². The Balaban J connectivity index is 1.40. The number of hydrogen-bond donors (Lipinski definition) is 2. The zero-order valence-corrected chi connectivity index (χ0v) is 19.5. The van der Waals surface area contributed by atoms with Crippen molar-refractivity contribution in [3.05, 3.63) is 105 Å². The summed E-state index contributed by atoms with van der Waals surface area (Å²) in [6.45, 7) is 0. The van der Waals surface area contributed by atoms with Crippen LogP contribution in [0.5, 0.6) is 0 Å². The number of halogens is 1. The van der Waals surface area contributed by atoms with Gasteiger partial charge in [0, 0.05) is 17.3 Å². The lowest BCUT2D eigenvalue weighted by Crippen LogP contribution is -2.23. The number of amides is 2. The molecule has 2 N–H and O–H groups in total. The maximum atomic E-state index is 12.8. The van der Waals surface area contributed by atoms with Gasteiger partial charge in [-0.25, -0.2) is 5.43 Å². The molecule has 0 bridgehead atoms. The average Bonchev–Trinajstić information content (AvgIpc) is 2.88. The number of nitrogens with one attached hydrogen (secondary N) is 2. The number of hydrazone groups is 1. The van der Waals surface area contributed by atoms with Gasteiger partial charge in [-0.1, -0.05) is 54.1 Å². The van der Waals surface area contributed by atoms with E-state index in [9.17, 15) is 19.7 Å². The van der Waals surface area contributed by atoms with E-state index in [0.717, 1.165) is 31.4 Å². The van der Waals surface area contributed by atoms with Gasteiger partial charge < -0.3 is 5.32 Å². The Hall–Kier alpha value is -4.04. The second-order valence-corrected chi connectivity index (χ2v) is 8.63. The quantitative estimate of drug-likeness (QED) is 0.328. The first-order valence-electron chi connectivity index (χ1n) is 11.2. The van der Waals surface area contributed by atoms with E-state index in [4.69, 9.17) is 11.6 Å². The van der Waals surface area contributed by atoms with E-state index in [1.807, 2.05) is 18.2 Å². The maximum Gasteiger partial charge on any atom is 0.287 e. The summed E-state index contributed by atoms with van der Waals surface area (Å²) in [5, 5.41) is 17.8. The fourth-order valence-corrected chi connectivity index (χ4v) is 4.34. The second-order valence-electron chi connectivity index (χ2n) is 8.23. The van der Waals surface area contributed by atoms with E-state index < -0.39 is 16.7 Å². The number of benzene rings is 3. The fraction of sp³-hybridized carbons (Fsp3) is 0.192. The van der Waals surface area contributed by atoms with E-state index in [-0.39, 0.29) is 27.5 Å². The monoisotopic (exact) mass is 490 g/mol. The number of para-hydroxylation sites is 1. The minimum Gasteiger partial charge on any atom is -0.321 e. The van der Waals surface area contributed by atoms with Crippen molar-refractivity contribution >= 4 is 40.5 Å². The largest absolute Gasteiger partial charge is 0.321 e. The molecule has 0 radical (unpaired) electrons. The summed E-state index contributed by atoms with van der Waals surface area (Å²) in [6.07, 6.45) is 3.56. The van der Waals surface area contributed by atoms with Gasteiger partial charge in [0.05, 0.1) is 16.2 Å². The number of anilines is 1. The van der Waals surface area contributed by atoms with Crippen LogP contribution in [-0.2, 0) is 0 Å². The molecule has 0 spiro atoms. The molecule has 3 aromatic rings. The van der Waals surface area contributed by atoms with Crippen LogP contribution in [0.4, 0.5) is 11.4 Å². The summed E-state index contributed by atoms with van der Waals surface area (Å²) in [7, 11) is 0. The first kappa shape index (κ1) is 24.1. The zero-order chi connectivity index (χ0) is 24.8. The third-order valence-corrected chi connectivity index (χ3v) is 6.28. The summed E-state index contributed by atoms with van der Waals surface area (Å²) < 4.78 is 0. The number of nitro benzene ring substituents is 1. The first-order chi connectivity index (χ1) is 16.9. The molecule has 8 nitrogen and oxygen atoms in total. The molecule has 3 aromatic carbocycles. The molecular formula is C26H23ClN4O4. The number of carbonyl (C=O) groups excluding carboxylic acids is 2. The zero-order valence-electron chi connectivity index (χ0n) is 18.7. The van der Waals surface area contributed by atoms with Crippen molar-refractivity contribution in [2.45, 2.75) is 31.6 Å². The maximum absolute atomic E-state index is 12.8. The summed E-state index contributed by atoms with van der Waals surface area (Å²) in [5.74, 6) is -0.498. The van der Waals surface area contributed by atoms with E-state index >= 15 is 0 Å². The van der Waals surface area contributed by atoms with Gasteiger partial charge in [0.2, 0.25) is 0 Å². The van der Waals surface area contributed by atoms with Crippen LogP contribution in [-0.4, -0.2) is 22.4 Å². The van der Waals surface area contributed by atoms with Crippen molar-refractivity contribution in [2.24, 2.45) is 5.10 Å². The number of nitrogens with zero attached hydrogens (tertiary/aromatic N) is 2. The van der Waals surface area contributed by atoms with Gasteiger partial charge in [-0.05, 0) is 61.4 Å². The highest BCUT2D eigenvalue weighted by molar-refractivity contribution is 6.33. The Morgan fingerprint density at radius 3 is 2.31 bits per heavy atom. The summed E-state index contributed by atoms with van der Waals surface area (Å²) in [5.41, 5.74) is 5.25. The summed E-state index contributed by atoms with van der Waals surface area (Å²) >= 11 is 5.91. The lowest BCUT2D eigenvalue weighted by Gasteiger charge is -2.23. The van der Waals surface area contributed by atoms with Gasteiger partial charge in [-0.3, -0.25) is 19.7 Å². The third-order valence-electron chi connectivity index (χ3n) is 5.98. The van der Waals surface area contributed by atoms with Crippen molar-refractivity contribution < 1.29 is 14.5 Å². The van der Waals surface area contributed by atoms with Crippen LogP contribution in [0, 0.1) is 10.1 Å². The minimum absolute atomic E-state index is 0.131. The van der Waals surface area contributed by atoms with Gasteiger partial charge >= 0.3 is 0 Å². The highest BCUT2D eigenvalue weighted by Crippen LogP contribution is 2.31. The lowest BCUT2D eigenvalue weighted by atomic mass is 9.83. The molecule has 4 rings (SSSR count). The molecule has 0 aromatic heterocycles. The predicted molar refractivity (Wildman–Crippen MR) is 135 cm³/mol. The van der Waals surface area contributed by atoms with Crippen molar-refractivity contribution in [1.29, 1.82) is 0 Å². The normalized spacial score (nSPS) is 15.2. The predicted octanol–water partition coefficient (Wildman–Crippen LogP) is 5.94. The highest BCUT2D eigenvalue weighted by Gasteiger charge is 2.20. The number of rotatable bonds is 6. The first-order valence-corrected chi connectivity index (χ1v) is 11.5. The van der Waals surface area contributed by atoms with Crippen molar-refractivity contribution in [3.8, 4) is 0 Å². The molecule has 1 saturated carbocycles. The highest BCUT2D eigenvalue weighted by atomic mass is 35.5. The second kappa shape index (κ2) is 10.9. The molecule has 2 amide bonds. The van der Waals surface area contributed by atoms with Crippen LogP contribution in [0.3, 0.4) is 0 Å². The van der Waals surface area contributed by atoms with E-state index in [1.165, 1.54) is 23.8 Å². The molecule has 0 saturated heterocycles. The fourth-order valence-electron chi connectivity index (χ4n) is 4.09. The molecule has 35 heavy (non-hydrogen) atoms. The minimum atomic E-state index is -0.626. The van der Waals surface area contributed by atoms with E-state index in [1.54, 1.807) is 24.3 Å². The molecule has 1 aliphatic rings. The van der Waals surface area contributed by atoms with Gasteiger partial charge in [0.15, 0.2) is 0 Å². The van der Waals surface area contributed by atoms with Crippen molar-refractivity contribution in [2.75, 3.05) is 5.32 Å². The number of carbonyl (C=O) groups is 2. The van der Waals surface area contributed by atoms with Crippen LogP contribution < -0.4 is 10.7 Å². The van der Waals surface area contributed by atoms with Crippen LogP contribution >= 0.6 is 11.6 Å². The summed E-state index contributed by atoms with van der Waals surface area (Å²) in [4.78, 5) is 35.8. The molecule has 0 aliphatic heterocycles. The topological polar surface area (TPSA) is 114 Å². The smallest absolute Gasteiger partial charge is 0.287 e. The van der Waals surface area contributed by atoms with E-state index in [2.05, 4.69) is 28.0 Å². The Kier molecular flexibility index (Phi) is 7.52. The molecule has 1 aliphatic carbocycles. The molecule has 0 unspecified atom stereocenters. The molecular weight excluding hydrogens is 468 g/mol. The SMILES string of the molecule is O=C(Nc1ccccc1C(=O)NN=C1CCC(c2ccccc2)CC1)c1ccc([N+](=O)[O-])c(Cl)c1. The molecule has 178 valence electrons.